The predicted octanol–water partition coefficient (Wildman–Crippen LogP) is 4.34. The van der Waals surface area contributed by atoms with Crippen LogP contribution in [-0.2, 0) is 0 Å². The predicted molar refractivity (Wildman–Crippen MR) is 68.2 cm³/mol. The number of rotatable bonds is 4. The van der Waals surface area contributed by atoms with Crippen molar-refractivity contribution >= 4 is 11.8 Å². The van der Waals surface area contributed by atoms with E-state index in [-0.39, 0.29) is 0 Å². The highest BCUT2D eigenvalue weighted by Crippen LogP contribution is 2.57. The molecule has 4 fully saturated rings. The molecule has 4 rings (SSSR count). The van der Waals surface area contributed by atoms with Crippen LogP contribution in [0.3, 0.4) is 0 Å². The maximum absolute atomic E-state index is 2.34. The highest BCUT2D eigenvalue weighted by Gasteiger charge is 2.47. The SMILES string of the molecule is CCCCSC1C2CC3CC(C2)CC1C3. The molecule has 0 atom stereocenters. The van der Waals surface area contributed by atoms with Gasteiger partial charge in [-0.1, -0.05) is 13.3 Å². The molecule has 0 saturated heterocycles. The van der Waals surface area contributed by atoms with E-state index in [2.05, 4.69) is 18.7 Å². The van der Waals surface area contributed by atoms with Gasteiger partial charge in [0.2, 0.25) is 0 Å². The molecule has 0 nitrogen and oxygen atoms in total. The van der Waals surface area contributed by atoms with Crippen LogP contribution in [0.2, 0.25) is 0 Å². The second kappa shape index (κ2) is 4.31. The minimum Gasteiger partial charge on any atom is -0.158 e. The quantitative estimate of drug-likeness (QED) is 0.640. The molecular formula is C14H24S. The summed E-state index contributed by atoms with van der Waals surface area (Å²) in [5, 5.41) is 1.07. The molecule has 0 N–H and O–H groups in total. The van der Waals surface area contributed by atoms with Gasteiger partial charge in [-0.05, 0) is 67.9 Å². The molecule has 0 heterocycles. The van der Waals surface area contributed by atoms with Gasteiger partial charge >= 0.3 is 0 Å². The number of thioether (sulfide) groups is 1. The van der Waals surface area contributed by atoms with Crippen molar-refractivity contribution in [3.63, 3.8) is 0 Å². The van der Waals surface area contributed by atoms with Crippen LogP contribution < -0.4 is 0 Å². The topological polar surface area (TPSA) is 0 Å². The van der Waals surface area contributed by atoms with Crippen LogP contribution >= 0.6 is 11.8 Å². The first-order valence-corrected chi connectivity index (χ1v) is 8.03. The summed E-state index contributed by atoms with van der Waals surface area (Å²) in [5.41, 5.74) is 0. The van der Waals surface area contributed by atoms with Crippen LogP contribution in [0, 0.1) is 23.7 Å². The van der Waals surface area contributed by atoms with Crippen LogP contribution in [-0.4, -0.2) is 11.0 Å². The smallest absolute Gasteiger partial charge is 0.0104 e. The number of hydrogen-bond acceptors (Lipinski definition) is 1. The monoisotopic (exact) mass is 224 g/mol. The Morgan fingerprint density at radius 2 is 1.53 bits per heavy atom. The van der Waals surface area contributed by atoms with Gasteiger partial charge in [0, 0.05) is 5.25 Å². The third kappa shape index (κ3) is 1.97. The van der Waals surface area contributed by atoms with Crippen molar-refractivity contribution in [1.29, 1.82) is 0 Å². The third-order valence-corrected chi connectivity index (χ3v) is 6.63. The van der Waals surface area contributed by atoms with Crippen molar-refractivity contribution in [3.8, 4) is 0 Å². The summed E-state index contributed by atoms with van der Waals surface area (Å²) in [6, 6.07) is 0. The van der Waals surface area contributed by atoms with E-state index < -0.39 is 0 Å². The number of unbranched alkanes of at least 4 members (excludes halogenated alkanes) is 1. The lowest BCUT2D eigenvalue weighted by Gasteiger charge is -2.54. The molecule has 0 aromatic heterocycles. The Balaban J connectivity index is 1.60. The molecule has 86 valence electrons. The molecule has 0 aromatic carbocycles. The zero-order valence-electron chi connectivity index (χ0n) is 9.95. The normalized spacial score (nSPS) is 47.4. The highest BCUT2D eigenvalue weighted by atomic mass is 32.2. The lowest BCUT2D eigenvalue weighted by atomic mass is 9.56. The molecule has 0 unspecified atom stereocenters. The Morgan fingerprint density at radius 1 is 0.933 bits per heavy atom. The Kier molecular flexibility index (Phi) is 3.02. The van der Waals surface area contributed by atoms with Crippen molar-refractivity contribution < 1.29 is 0 Å². The molecule has 0 aromatic rings. The minimum absolute atomic E-state index is 1.07. The average molecular weight is 224 g/mol. The molecule has 0 amide bonds. The van der Waals surface area contributed by atoms with Gasteiger partial charge in [0.1, 0.15) is 0 Å². The van der Waals surface area contributed by atoms with E-state index in [0.717, 1.165) is 28.9 Å². The molecule has 4 aliphatic rings. The zero-order chi connectivity index (χ0) is 10.3. The van der Waals surface area contributed by atoms with Gasteiger partial charge in [-0.15, -0.1) is 0 Å². The van der Waals surface area contributed by atoms with Crippen molar-refractivity contribution in [3.05, 3.63) is 0 Å². The van der Waals surface area contributed by atoms with Crippen molar-refractivity contribution in [1.82, 2.24) is 0 Å². The molecule has 0 radical (unpaired) electrons. The third-order valence-electron chi connectivity index (χ3n) is 4.95. The van der Waals surface area contributed by atoms with Gasteiger partial charge in [-0.2, -0.15) is 11.8 Å². The number of hydrogen-bond donors (Lipinski definition) is 0. The van der Waals surface area contributed by atoms with Gasteiger partial charge < -0.3 is 0 Å². The lowest BCUT2D eigenvalue weighted by molar-refractivity contribution is 0.0267. The van der Waals surface area contributed by atoms with Gasteiger partial charge in [-0.3, -0.25) is 0 Å². The summed E-state index contributed by atoms with van der Waals surface area (Å²) in [6.45, 7) is 2.32. The van der Waals surface area contributed by atoms with Crippen LogP contribution in [0.4, 0.5) is 0 Å². The van der Waals surface area contributed by atoms with E-state index in [1.807, 2.05) is 0 Å². The van der Waals surface area contributed by atoms with E-state index in [0.29, 0.717) is 0 Å². The largest absolute Gasteiger partial charge is 0.158 e. The summed E-state index contributed by atoms with van der Waals surface area (Å²) in [5.74, 6) is 5.99. The van der Waals surface area contributed by atoms with E-state index in [1.54, 1.807) is 32.1 Å². The van der Waals surface area contributed by atoms with Crippen LogP contribution in [0.25, 0.3) is 0 Å². The van der Waals surface area contributed by atoms with Gasteiger partial charge in [-0.25, -0.2) is 0 Å². The fourth-order valence-electron chi connectivity index (χ4n) is 4.51. The van der Waals surface area contributed by atoms with E-state index >= 15 is 0 Å². The van der Waals surface area contributed by atoms with Crippen LogP contribution in [0.15, 0.2) is 0 Å². The second-order valence-corrected chi connectivity index (χ2v) is 7.41. The molecule has 4 bridgehead atoms. The summed E-state index contributed by atoms with van der Waals surface area (Å²) >= 11 is 2.34. The minimum atomic E-state index is 1.07. The maximum atomic E-state index is 2.34. The maximum Gasteiger partial charge on any atom is 0.0104 e. The fraction of sp³-hybridized carbons (Fsp3) is 1.00. The summed E-state index contributed by atoms with van der Waals surface area (Å²) in [7, 11) is 0. The van der Waals surface area contributed by atoms with E-state index in [9.17, 15) is 0 Å². The van der Waals surface area contributed by atoms with Gasteiger partial charge in [0.25, 0.3) is 0 Å². The van der Waals surface area contributed by atoms with Crippen LogP contribution in [0.5, 0.6) is 0 Å². The highest BCUT2D eigenvalue weighted by molar-refractivity contribution is 7.99. The van der Waals surface area contributed by atoms with Crippen LogP contribution in [0.1, 0.15) is 51.9 Å². The van der Waals surface area contributed by atoms with Crippen molar-refractivity contribution in [2.45, 2.75) is 57.1 Å². The summed E-state index contributed by atoms with van der Waals surface area (Å²) in [4.78, 5) is 0. The average Bonchev–Trinajstić information content (AvgIpc) is 2.21. The Bertz CT molecular complexity index is 195. The zero-order valence-corrected chi connectivity index (χ0v) is 10.8. The van der Waals surface area contributed by atoms with Gasteiger partial charge in [0.05, 0.1) is 0 Å². The molecule has 4 aliphatic carbocycles. The van der Waals surface area contributed by atoms with E-state index in [1.165, 1.54) is 18.6 Å². The van der Waals surface area contributed by atoms with Crippen molar-refractivity contribution in [2.24, 2.45) is 23.7 Å². The molecule has 1 heteroatoms. The first-order valence-electron chi connectivity index (χ1n) is 6.98. The first-order chi connectivity index (χ1) is 7.36. The molecule has 0 spiro atoms. The summed E-state index contributed by atoms with van der Waals surface area (Å²) in [6.07, 6.45) is 10.8. The first kappa shape index (κ1) is 10.5. The molecular weight excluding hydrogens is 200 g/mol. The molecule has 4 saturated carbocycles. The van der Waals surface area contributed by atoms with E-state index in [4.69, 9.17) is 0 Å². The van der Waals surface area contributed by atoms with Gasteiger partial charge in [0.15, 0.2) is 0 Å². The Morgan fingerprint density at radius 3 is 2.07 bits per heavy atom. The fourth-order valence-corrected chi connectivity index (χ4v) is 6.23. The Hall–Kier alpha value is 0.350. The summed E-state index contributed by atoms with van der Waals surface area (Å²) < 4.78 is 0. The second-order valence-electron chi connectivity index (χ2n) is 6.12. The molecule has 0 aliphatic heterocycles. The van der Waals surface area contributed by atoms with Crippen molar-refractivity contribution in [2.75, 3.05) is 5.75 Å². The molecule has 15 heavy (non-hydrogen) atoms. The lowest BCUT2D eigenvalue weighted by Crippen LogP contribution is -2.46. The standard InChI is InChI=1S/C14H24S/c1-2-3-4-15-14-12-6-10-5-11(8-12)9-13(14)7-10/h10-14H,2-9H2,1H3. The Labute approximate surface area is 98.6 Å².